The molecule has 0 aliphatic heterocycles. The van der Waals surface area contributed by atoms with Crippen LogP contribution < -0.4 is 0 Å². The topological polar surface area (TPSA) is 83.8 Å². The molecular weight excluding hydrogens is 388 g/mol. The first-order chi connectivity index (χ1) is 13.9. The molecule has 6 heteroatoms. The number of ether oxygens (including phenoxy) is 1. The lowest BCUT2D eigenvalue weighted by Crippen LogP contribution is -2.08. The van der Waals surface area contributed by atoms with Gasteiger partial charge < -0.3 is 9.84 Å². The molecular formula is C23H26O5S. The van der Waals surface area contributed by atoms with E-state index in [0.717, 1.165) is 16.7 Å². The molecule has 3 aromatic carbocycles. The van der Waals surface area contributed by atoms with Crippen LogP contribution in [0.3, 0.4) is 0 Å². The van der Waals surface area contributed by atoms with Gasteiger partial charge in [0.05, 0.1) is 11.5 Å². The molecule has 0 saturated carbocycles. The first-order valence-corrected chi connectivity index (χ1v) is 10.7. The molecule has 0 spiro atoms. The van der Waals surface area contributed by atoms with E-state index in [0.29, 0.717) is 13.0 Å². The molecule has 0 fully saturated rings. The molecule has 0 amide bonds. The maximum absolute atomic E-state index is 10.5. The highest BCUT2D eigenvalue weighted by molar-refractivity contribution is 7.85. The molecule has 3 aromatic rings. The molecule has 154 valence electrons. The highest BCUT2D eigenvalue weighted by Crippen LogP contribution is 2.25. The third-order valence-corrected chi connectivity index (χ3v) is 4.98. The second kappa shape index (κ2) is 11.5. The lowest BCUT2D eigenvalue weighted by Gasteiger charge is -2.18. The summed E-state index contributed by atoms with van der Waals surface area (Å²) in [4.78, 5) is -0.0666. The molecule has 0 bridgehead atoms. The van der Waals surface area contributed by atoms with Crippen LogP contribution in [0.25, 0.3) is 0 Å². The first kappa shape index (κ1) is 22.8. The lowest BCUT2D eigenvalue weighted by molar-refractivity contribution is 0.0683. The van der Waals surface area contributed by atoms with Crippen molar-refractivity contribution in [3.8, 4) is 0 Å². The summed E-state index contributed by atoms with van der Waals surface area (Å²) in [5, 5.41) is 8.84. The molecule has 3 rings (SSSR count). The summed E-state index contributed by atoms with van der Waals surface area (Å²) < 4.78 is 35.4. The number of benzene rings is 3. The van der Waals surface area contributed by atoms with E-state index in [9.17, 15) is 8.42 Å². The Labute approximate surface area is 172 Å². The number of hydrogen-bond donors (Lipinski definition) is 2. The molecule has 0 aliphatic rings. The summed E-state index contributed by atoms with van der Waals surface area (Å²) in [6.07, 6.45) is 0.606. The third kappa shape index (κ3) is 7.79. The lowest BCUT2D eigenvalue weighted by atomic mass is 10.0. The van der Waals surface area contributed by atoms with Gasteiger partial charge in [-0.1, -0.05) is 78.4 Å². The Hall–Kier alpha value is -2.51. The van der Waals surface area contributed by atoms with Crippen LogP contribution in [0.15, 0.2) is 89.8 Å². The summed E-state index contributed by atoms with van der Waals surface area (Å²) in [6, 6.07) is 26.3. The number of aliphatic hydroxyl groups excluding tert-OH is 1. The molecule has 5 nitrogen and oxygen atoms in total. The van der Waals surface area contributed by atoms with Gasteiger partial charge in [0.1, 0.15) is 6.10 Å². The summed E-state index contributed by atoms with van der Waals surface area (Å²) in [5.41, 5.74) is 3.24. The summed E-state index contributed by atoms with van der Waals surface area (Å²) in [7, 11) is -4.02. The minimum absolute atomic E-state index is 0.0565. The quantitative estimate of drug-likeness (QED) is 0.442. The Balaban J connectivity index is 0.000000234. The van der Waals surface area contributed by atoms with E-state index in [1.807, 2.05) is 43.3 Å². The van der Waals surface area contributed by atoms with Crippen molar-refractivity contribution in [2.75, 3.05) is 13.2 Å². The third-order valence-electron chi connectivity index (χ3n) is 4.11. The second-order valence-corrected chi connectivity index (χ2v) is 7.86. The average molecular weight is 415 g/mol. The Kier molecular flexibility index (Phi) is 9.02. The predicted molar refractivity (Wildman–Crippen MR) is 113 cm³/mol. The molecule has 0 radical (unpaired) electrons. The van der Waals surface area contributed by atoms with E-state index in [1.54, 1.807) is 12.1 Å². The van der Waals surface area contributed by atoms with E-state index in [4.69, 9.17) is 14.4 Å². The van der Waals surface area contributed by atoms with Gasteiger partial charge in [0, 0.05) is 6.61 Å². The molecule has 0 atom stereocenters. The molecule has 0 unspecified atom stereocenters. The smallest absolute Gasteiger partial charge is 0.294 e. The Morgan fingerprint density at radius 3 is 1.72 bits per heavy atom. The monoisotopic (exact) mass is 414 g/mol. The van der Waals surface area contributed by atoms with Crippen LogP contribution in [0, 0.1) is 6.92 Å². The van der Waals surface area contributed by atoms with Crippen molar-refractivity contribution >= 4 is 10.1 Å². The molecule has 0 aliphatic carbocycles. The zero-order chi connectivity index (χ0) is 21.1. The standard InChI is InChI=1S/C16H18O2.C7H8O3S/c17-12-7-13-18-16(14-8-3-1-4-9-14)15-10-5-2-6-11-15;1-6-2-4-7(5-3-6)11(8,9)10/h1-6,8-11,16-17H,7,12-13H2;2-5H,1H3,(H,8,9,10). The molecule has 0 aromatic heterocycles. The maximum Gasteiger partial charge on any atom is 0.294 e. The van der Waals surface area contributed by atoms with E-state index in [-0.39, 0.29) is 17.6 Å². The highest BCUT2D eigenvalue weighted by Gasteiger charge is 2.13. The van der Waals surface area contributed by atoms with Crippen LogP contribution in [0.1, 0.15) is 29.2 Å². The zero-order valence-corrected chi connectivity index (χ0v) is 17.1. The van der Waals surface area contributed by atoms with E-state index < -0.39 is 10.1 Å². The van der Waals surface area contributed by atoms with Gasteiger partial charge in [-0.25, -0.2) is 0 Å². The fourth-order valence-electron chi connectivity index (χ4n) is 2.62. The van der Waals surface area contributed by atoms with Crippen LogP contribution in [-0.4, -0.2) is 31.3 Å². The van der Waals surface area contributed by atoms with E-state index in [1.165, 1.54) is 12.1 Å². The van der Waals surface area contributed by atoms with Crippen LogP contribution in [0.2, 0.25) is 0 Å². The predicted octanol–water partition coefficient (Wildman–Crippen LogP) is 4.42. The highest BCUT2D eigenvalue weighted by atomic mass is 32.2. The zero-order valence-electron chi connectivity index (χ0n) is 16.3. The normalized spacial score (nSPS) is 11.0. The van der Waals surface area contributed by atoms with Crippen molar-refractivity contribution in [3.63, 3.8) is 0 Å². The Morgan fingerprint density at radius 2 is 1.31 bits per heavy atom. The van der Waals surface area contributed by atoms with Gasteiger partial charge >= 0.3 is 0 Å². The number of hydrogen-bond acceptors (Lipinski definition) is 4. The average Bonchev–Trinajstić information content (AvgIpc) is 2.73. The summed E-state index contributed by atoms with van der Waals surface area (Å²) in [6.45, 7) is 2.56. The van der Waals surface area contributed by atoms with Crippen LogP contribution >= 0.6 is 0 Å². The number of aliphatic hydroxyl groups is 1. The fourth-order valence-corrected chi connectivity index (χ4v) is 3.10. The van der Waals surface area contributed by atoms with Crippen LogP contribution in [0.5, 0.6) is 0 Å². The van der Waals surface area contributed by atoms with Gasteiger partial charge in [-0.15, -0.1) is 0 Å². The van der Waals surface area contributed by atoms with Crippen molar-refractivity contribution < 1.29 is 22.8 Å². The molecule has 29 heavy (non-hydrogen) atoms. The molecule has 0 heterocycles. The van der Waals surface area contributed by atoms with Crippen molar-refractivity contribution in [1.29, 1.82) is 0 Å². The van der Waals surface area contributed by atoms with Crippen molar-refractivity contribution in [1.82, 2.24) is 0 Å². The van der Waals surface area contributed by atoms with E-state index in [2.05, 4.69) is 24.3 Å². The SMILES string of the molecule is Cc1ccc(S(=O)(=O)O)cc1.OCCCOC(c1ccccc1)c1ccccc1. The van der Waals surface area contributed by atoms with Gasteiger partial charge in [-0.05, 0) is 36.6 Å². The van der Waals surface area contributed by atoms with Gasteiger partial charge in [-0.3, -0.25) is 4.55 Å². The Morgan fingerprint density at radius 1 is 0.828 bits per heavy atom. The van der Waals surface area contributed by atoms with E-state index >= 15 is 0 Å². The Bertz CT molecular complexity index is 900. The minimum Gasteiger partial charge on any atom is -0.396 e. The van der Waals surface area contributed by atoms with Crippen LogP contribution in [-0.2, 0) is 14.9 Å². The van der Waals surface area contributed by atoms with Gasteiger partial charge in [0.15, 0.2) is 0 Å². The van der Waals surface area contributed by atoms with Gasteiger partial charge in [-0.2, -0.15) is 8.42 Å². The number of rotatable bonds is 7. The summed E-state index contributed by atoms with van der Waals surface area (Å²) in [5.74, 6) is 0. The van der Waals surface area contributed by atoms with Crippen molar-refractivity contribution in [2.24, 2.45) is 0 Å². The minimum atomic E-state index is -4.02. The fraction of sp³-hybridized carbons (Fsp3) is 0.217. The van der Waals surface area contributed by atoms with Crippen molar-refractivity contribution in [3.05, 3.63) is 102 Å². The molecule has 0 saturated heterocycles. The van der Waals surface area contributed by atoms with Gasteiger partial charge in [0.2, 0.25) is 0 Å². The first-order valence-electron chi connectivity index (χ1n) is 9.28. The second-order valence-electron chi connectivity index (χ2n) is 6.44. The van der Waals surface area contributed by atoms with Crippen molar-refractivity contribution in [2.45, 2.75) is 24.3 Å². The largest absolute Gasteiger partial charge is 0.396 e. The summed E-state index contributed by atoms with van der Waals surface area (Å²) >= 11 is 0. The molecule has 2 N–H and O–H groups in total. The van der Waals surface area contributed by atoms with Crippen LogP contribution in [0.4, 0.5) is 0 Å². The van der Waals surface area contributed by atoms with Gasteiger partial charge in [0.25, 0.3) is 10.1 Å². The number of aryl methyl sites for hydroxylation is 1. The maximum atomic E-state index is 10.5.